The molecule has 1 fully saturated rings. The number of benzene rings is 1. The molecular formula is C30H49N. The smallest absolute Gasteiger partial charge is 0.0459 e. The third-order valence-electron chi connectivity index (χ3n) is 6.91. The summed E-state index contributed by atoms with van der Waals surface area (Å²) in [6.07, 6.45) is 9.74. The lowest BCUT2D eigenvalue weighted by Crippen LogP contribution is -2.08. The molecule has 0 aliphatic heterocycles. The molecular weight excluding hydrogens is 374 g/mol. The Morgan fingerprint density at radius 1 is 1.13 bits per heavy atom. The number of rotatable bonds is 6. The van der Waals surface area contributed by atoms with Gasteiger partial charge in [0.1, 0.15) is 0 Å². The number of aromatic amines is 1. The van der Waals surface area contributed by atoms with E-state index in [2.05, 4.69) is 117 Å². The van der Waals surface area contributed by atoms with E-state index < -0.39 is 0 Å². The third-order valence-corrected chi connectivity index (χ3v) is 6.91. The Kier molecular flexibility index (Phi) is 10.3. The molecule has 3 rings (SSSR count). The summed E-state index contributed by atoms with van der Waals surface area (Å²) in [5, 5.41) is 1.43. The molecule has 31 heavy (non-hydrogen) atoms. The molecule has 0 saturated heterocycles. The van der Waals surface area contributed by atoms with Crippen LogP contribution in [0.2, 0.25) is 0 Å². The molecule has 1 saturated carbocycles. The van der Waals surface area contributed by atoms with Gasteiger partial charge in [0.05, 0.1) is 0 Å². The van der Waals surface area contributed by atoms with E-state index in [1.807, 2.05) is 0 Å². The van der Waals surface area contributed by atoms with Crippen molar-refractivity contribution in [2.75, 3.05) is 0 Å². The molecule has 0 radical (unpaired) electrons. The van der Waals surface area contributed by atoms with Gasteiger partial charge in [0, 0.05) is 22.5 Å². The fraction of sp³-hybridized carbons (Fsp3) is 0.600. The van der Waals surface area contributed by atoms with Crippen LogP contribution >= 0.6 is 0 Å². The van der Waals surface area contributed by atoms with Gasteiger partial charge in [0.15, 0.2) is 0 Å². The monoisotopic (exact) mass is 423 g/mol. The molecule has 0 amide bonds. The van der Waals surface area contributed by atoms with Crippen molar-refractivity contribution in [3.8, 4) is 0 Å². The fourth-order valence-corrected chi connectivity index (χ4v) is 4.51. The molecule has 3 atom stereocenters. The lowest BCUT2D eigenvalue weighted by atomic mass is 9.88. The summed E-state index contributed by atoms with van der Waals surface area (Å²) < 4.78 is 0. The van der Waals surface area contributed by atoms with Crippen LogP contribution in [0.15, 0.2) is 49.6 Å². The second-order valence-electron chi connectivity index (χ2n) is 10.8. The van der Waals surface area contributed by atoms with Crippen LogP contribution < -0.4 is 0 Å². The molecule has 1 aromatic carbocycles. The lowest BCUT2D eigenvalue weighted by molar-refractivity contribution is 0.398. The maximum absolute atomic E-state index is 3.77. The minimum atomic E-state index is 0.445. The number of hydrogen-bond acceptors (Lipinski definition) is 0. The van der Waals surface area contributed by atoms with Crippen LogP contribution in [0.25, 0.3) is 10.9 Å². The summed E-state index contributed by atoms with van der Waals surface area (Å²) in [5.74, 6) is 2.07. The minimum Gasteiger partial charge on any atom is -0.358 e. The van der Waals surface area contributed by atoms with E-state index in [0.717, 1.165) is 5.92 Å². The first-order valence-corrected chi connectivity index (χ1v) is 12.3. The largest absolute Gasteiger partial charge is 0.358 e. The normalized spacial score (nSPS) is 21.4. The number of fused-ring (bicyclic) bond motifs is 1. The van der Waals surface area contributed by atoms with E-state index >= 15 is 0 Å². The second kappa shape index (κ2) is 11.7. The number of aromatic nitrogens is 1. The topological polar surface area (TPSA) is 15.8 Å². The van der Waals surface area contributed by atoms with Gasteiger partial charge in [0.25, 0.3) is 0 Å². The zero-order valence-electron chi connectivity index (χ0n) is 21.9. The van der Waals surface area contributed by atoms with Crippen LogP contribution in [0.4, 0.5) is 0 Å². The Balaban J connectivity index is 0.000000521. The number of H-pyrrole nitrogens is 1. The summed E-state index contributed by atoms with van der Waals surface area (Å²) >= 11 is 0. The summed E-state index contributed by atoms with van der Waals surface area (Å²) in [7, 11) is 0. The first kappa shape index (κ1) is 27.3. The van der Waals surface area contributed by atoms with E-state index in [4.69, 9.17) is 0 Å². The highest BCUT2D eigenvalue weighted by Crippen LogP contribution is 2.62. The fourth-order valence-electron chi connectivity index (χ4n) is 4.51. The van der Waals surface area contributed by atoms with Gasteiger partial charge in [-0.25, -0.2) is 0 Å². The first-order chi connectivity index (χ1) is 14.6. The maximum atomic E-state index is 3.77. The van der Waals surface area contributed by atoms with Gasteiger partial charge in [-0.2, -0.15) is 0 Å². The minimum absolute atomic E-state index is 0.445. The molecule has 1 heteroatoms. The number of para-hydroxylation sites is 1. The predicted molar refractivity (Wildman–Crippen MR) is 142 cm³/mol. The molecule has 1 nitrogen and oxygen atoms in total. The van der Waals surface area contributed by atoms with Gasteiger partial charge >= 0.3 is 0 Å². The molecule has 1 N–H and O–H groups in total. The molecule has 1 aliphatic carbocycles. The molecule has 1 aromatic heterocycles. The zero-order valence-corrected chi connectivity index (χ0v) is 21.9. The summed E-state index contributed by atoms with van der Waals surface area (Å²) in [5.41, 5.74) is 5.34. The number of hydrogen-bond donors (Lipinski definition) is 1. The van der Waals surface area contributed by atoms with Gasteiger partial charge in [-0.1, -0.05) is 92.2 Å². The highest BCUT2D eigenvalue weighted by molar-refractivity contribution is 5.85. The van der Waals surface area contributed by atoms with E-state index in [-0.39, 0.29) is 0 Å². The van der Waals surface area contributed by atoms with Crippen molar-refractivity contribution < 1.29 is 0 Å². The molecule has 1 aliphatic rings. The van der Waals surface area contributed by atoms with Crippen molar-refractivity contribution in [3.05, 3.63) is 60.8 Å². The average Bonchev–Trinajstić information content (AvgIpc) is 3.35. The van der Waals surface area contributed by atoms with Crippen molar-refractivity contribution in [2.24, 2.45) is 22.7 Å². The molecule has 0 bridgehead atoms. The quantitative estimate of drug-likeness (QED) is 0.445. The van der Waals surface area contributed by atoms with Crippen LogP contribution in [-0.4, -0.2) is 4.98 Å². The van der Waals surface area contributed by atoms with Gasteiger partial charge in [-0.05, 0) is 60.5 Å². The van der Waals surface area contributed by atoms with Crippen LogP contribution in [0, 0.1) is 22.7 Å². The third kappa shape index (κ3) is 7.13. The van der Waals surface area contributed by atoms with Crippen LogP contribution in [0.3, 0.4) is 0 Å². The number of nitrogens with one attached hydrogen (secondary N) is 1. The van der Waals surface area contributed by atoms with Crippen molar-refractivity contribution >= 4 is 10.9 Å². The van der Waals surface area contributed by atoms with Crippen LogP contribution in [0.1, 0.15) is 98.8 Å². The van der Waals surface area contributed by atoms with E-state index in [1.165, 1.54) is 42.3 Å². The average molecular weight is 424 g/mol. The van der Waals surface area contributed by atoms with E-state index in [1.54, 1.807) is 5.56 Å². The Bertz CT molecular complexity index is 817. The number of allylic oxidation sites excluding steroid dienone is 2. The maximum Gasteiger partial charge on any atom is 0.0459 e. The molecule has 0 spiro atoms. The van der Waals surface area contributed by atoms with E-state index in [0.29, 0.717) is 22.7 Å². The Labute approximate surface area is 193 Å². The van der Waals surface area contributed by atoms with Crippen molar-refractivity contribution in [3.63, 3.8) is 0 Å². The van der Waals surface area contributed by atoms with Crippen LogP contribution in [-0.2, 0) is 6.42 Å². The van der Waals surface area contributed by atoms with Crippen LogP contribution in [0.5, 0.6) is 0 Å². The van der Waals surface area contributed by atoms with Crippen molar-refractivity contribution in [1.29, 1.82) is 0 Å². The predicted octanol–water partition coefficient (Wildman–Crippen LogP) is 9.71. The van der Waals surface area contributed by atoms with E-state index in [9.17, 15) is 0 Å². The highest BCUT2D eigenvalue weighted by Gasteiger charge is 2.53. The lowest BCUT2D eigenvalue weighted by Gasteiger charge is -2.18. The van der Waals surface area contributed by atoms with Gasteiger partial charge in [-0.15, -0.1) is 13.2 Å². The second-order valence-corrected chi connectivity index (χ2v) is 10.8. The van der Waals surface area contributed by atoms with Crippen molar-refractivity contribution in [1.82, 2.24) is 4.98 Å². The molecule has 174 valence electrons. The molecule has 3 unspecified atom stereocenters. The highest BCUT2D eigenvalue weighted by atomic mass is 14.8. The van der Waals surface area contributed by atoms with Gasteiger partial charge in [-0.3, -0.25) is 0 Å². The SMILES string of the molecule is C/C=C/C1(CC)CC1C(C)c1[nH]c2ccccc2c1CC(C)C.C=C.CCC(C)(C)C. The molecule has 1 heterocycles. The standard InChI is InChI=1S/C22H31N.C6H14.C2H4/c1-6-12-22(7-2)14-19(22)16(5)21-18(13-15(3)4)17-10-8-9-11-20(17)23-21;1-5-6(2,3)4;1-2/h6,8-12,15-16,19,23H,7,13-14H2,1-5H3;5H2,1-4H3;1-2H2/b12-6+;;. The summed E-state index contributed by atoms with van der Waals surface area (Å²) in [6.45, 7) is 26.5. The Hall–Kier alpha value is -1.76. The summed E-state index contributed by atoms with van der Waals surface area (Å²) in [6, 6.07) is 8.81. The Morgan fingerprint density at radius 3 is 2.19 bits per heavy atom. The molecule has 2 aromatic rings. The zero-order chi connectivity index (χ0) is 23.8. The Morgan fingerprint density at radius 2 is 1.71 bits per heavy atom. The first-order valence-electron chi connectivity index (χ1n) is 12.3. The van der Waals surface area contributed by atoms with Gasteiger partial charge < -0.3 is 4.98 Å². The van der Waals surface area contributed by atoms with Gasteiger partial charge in [0.2, 0.25) is 0 Å². The summed E-state index contributed by atoms with van der Waals surface area (Å²) in [4.78, 5) is 3.77. The van der Waals surface area contributed by atoms with Crippen molar-refractivity contribution in [2.45, 2.75) is 93.9 Å².